The highest BCUT2D eigenvalue weighted by atomic mass is 19.1. The number of rotatable bonds is 10. The number of nitrogens with zero attached hydrogens (tertiary/aromatic N) is 2. The molecule has 1 aliphatic heterocycles. The van der Waals surface area contributed by atoms with Gasteiger partial charge in [0, 0.05) is 42.4 Å². The maximum atomic E-state index is 14.4. The average molecular weight is 543 g/mol. The number of carbonyl (C=O) groups excluding carboxylic acids is 1. The lowest BCUT2D eigenvalue weighted by Gasteiger charge is -2.38. The second-order valence-electron chi connectivity index (χ2n) is 10.6. The zero-order valence-electron chi connectivity index (χ0n) is 23.5. The van der Waals surface area contributed by atoms with Crippen molar-refractivity contribution >= 4 is 12.0 Å². The number of amides is 1. The number of halogens is 2. The summed E-state index contributed by atoms with van der Waals surface area (Å²) in [5.74, 6) is -0.181. The third kappa shape index (κ3) is 6.90. The van der Waals surface area contributed by atoms with Crippen molar-refractivity contribution in [2.45, 2.75) is 64.0 Å². The molecule has 0 bridgehead atoms. The van der Waals surface area contributed by atoms with Crippen molar-refractivity contribution in [3.63, 3.8) is 0 Å². The molecule has 2 fully saturated rings. The summed E-state index contributed by atoms with van der Waals surface area (Å²) in [6.07, 6.45) is 10.1. The Morgan fingerprint density at radius 1 is 0.974 bits per heavy atom. The van der Waals surface area contributed by atoms with Gasteiger partial charge in [0.2, 0.25) is 5.75 Å². The van der Waals surface area contributed by atoms with Crippen molar-refractivity contribution in [1.29, 1.82) is 0 Å². The van der Waals surface area contributed by atoms with E-state index < -0.39 is 11.6 Å². The van der Waals surface area contributed by atoms with Crippen LogP contribution in [0.2, 0.25) is 0 Å². The number of likely N-dealkylation sites (tertiary alicyclic amines) is 1. The molecule has 0 spiro atoms. The van der Waals surface area contributed by atoms with Gasteiger partial charge < -0.3 is 19.1 Å². The number of methoxy groups -OCH3 is 3. The maximum Gasteiger partial charge on any atom is 0.254 e. The Morgan fingerprint density at radius 2 is 1.67 bits per heavy atom. The fraction of sp³-hybridized carbons (Fsp3) is 0.516. The molecule has 1 heterocycles. The first-order chi connectivity index (χ1) is 18.8. The van der Waals surface area contributed by atoms with Crippen LogP contribution in [0.4, 0.5) is 8.78 Å². The third-order valence-electron chi connectivity index (χ3n) is 7.90. The van der Waals surface area contributed by atoms with Gasteiger partial charge in [-0.1, -0.05) is 30.9 Å². The van der Waals surface area contributed by atoms with Crippen molar-refractivity contribution in [1.82, 2.24) is 9.80 Å². The molecule has 2 aliphatic rings. The van der Waals surface area contributed by atoms with E-state index in [4.69, 9.17) is 14.2 Å². The van der Waals surface area contributed by atoms with Crippen LogP contribution in [-0.4, -0.2) is 68.8 Å². The Kier molecular flexibility index (Phi) is 9.83. The second-order valence-corrected chi connectivity index (χ2v) is 10.6. The molecule has 0 N–H and O–H groups in total. The minimum absolute atomic E-state index is 0.169. The van der Waals surface area contributed by atoms with Crippen molar-refractivity contribution in [2.24, 2.45) is 0 Å². The van der Waals surface area contributed by atoms with Gasteiger partial charge in [0.25, 0.3) is 5.91 Å². The van der Waals surface area contributed by atoms with Crippen LogP contribution >= 0.6 is 0 Å². The first-order valence-corrected chi connectivity index (χ1v) is 13.8. The normalized spacial score (nSPS) is 18.7. The van der Waals surface area contributed by atoms with Gasteiger partial charge in [0.05, 0.1) is 21.3 Å². The van der Waals surface area contributed by atoms with E-state index >= 15 is 0 Å². The number of ether oxygens (including phenoxy) is 3. The smallest absolute Gasteiger partial charge is 0.254 e. The molecule has 1 amide bonds. The molecule has 6 nitrogen and oxygen atoms in total. The second kappa shape index (κ2) is 13.3. The summed E-state index contributed by atoms with van der Waals surface area (Å²) in [6, 6.07) is 7.69. The van der Waals surface area contributed by atoms with Crippen LogP contribution in [0.3, 0.4) is 0 Å². The van der Waals surface area contributed by atoms with E-state index in [1.165, 1.54) is 65.6 Å². The Hall–Kier alpha value is -3.13. The minimum Gasteiger partial charge on any atom is -0.493 e. The highest BCUT2D eigenvalue weighted by Gasteiger charge is 2.34. The van der Waals surface area contributed by atoms with Crippen LogP contribution in [0.25, 0.3) is 6.08 Å². The molecule has 2 aromatic carbocycles. The monoisotopic (exact) mass is 542 g/mol. The fourth-order valence-corrected chi connectivity index (χ4v) is 6.04. The highest BCUT2D eigenvalue weighted by molar-refractivity contribution is 5.96. The zero-order chi connectivity index (χ0) is 27.9. The van der Waals surface area contributed by atoms with E-state index in [0.29, 0.717) is 47.5 Å². The number of hydrogen-bond acceptors (Lipinski definition) is 5. The van der Waals surface area contributed by atoms with Crippen LogP contribution in [-0.2, 0) is 0 Å². The van der Waals surface area contributed by atoms with Gasteiger partial charge in [-0.2, -0.15) is 0 Å². The van der Waals surface area contributed by atoms with Crippen molar-refractivity contribution < 1.29 is 27.8 Å². The van der Waals surface area contributed by atoms with E-state index in [0.717, 1.165) is 31.0 Å². The number of carbonyl (C=O) groups is 1. The molecule has 212 valence electrons. The minimum atomic E-state index is -0.629. The molecule has 0 radical (unpaired) electrons. The summed E-state index contributed by atoms with van der Waals surface area (Å²) in [7, 11) is 4.57. The Labute approximate surface area is 230 Å². The molecule has 0 unspecified atom stereocenters. The summed E-state index contributed by atoms with van der Waals surface area (Å²) in [6.45, 7) is 3.79. The van der Waals surface area contributed by atoms with Crippen LogP contribution in [0.15, 0.2) is 35.9 Å². The van der Waals surface area contributed by atoms with E-state index in [-0.39, 0.29) is 11.9 Å². The molecule has 1 atom stereocenters. The summed E-state index contributed by atoms with van der Waals surface area (Å²) in [4.78, 5) is 18.5. The van der Waals surface area contributed by atoms with Gasteiger partial charge >= 0.3 is 0 Å². The van der Waals surface area contributed by atoms with E-state index in [2.05, 4.69) is 4.90 Å². The lowest BCUT2D eigenvalue weighted by molar-refractivity contribution is 0.0671. The maximum absolute atomic E-state index is 14.4. The van der Waals surface area contributed by atoms with E-state index in [9.17, 15) is 13.6 Å². The van der Waals surface area contributed by atoms with Gasteiger partial charge in [0.15, 0.2) is 11.5 Å². The molecular weight excluding hydrogens is 502 g/mol. The first-order valence-electron chi connectivity index (χ1n) is 13.8. The SMILES string of the molecule is COc1cc(C(=O)N(CC(C)=Cc2ccc(F)cc2F)C[C@H]2CCCN2C2CCCCC2)cc(OC)c1OC. The van der Waals surface area contributed by atoms with E-state index in [1.807, 2.05) is 11.8 Å². The predicted octanol–water partition coefficient (Wildman–Crippen LogP) is 6.33. The summed E-state index contributed by atoms with van der Waals surface area (Å²) >= 11 is 0. The van der Waals surface area contributed by atoms with Crippen LogP contribution in [0.5, 0.6) is 17.2 Å². The summed E-state index contributed by atoms with van der Waals surface area (Å²) in [5.41, 5.74) is 1.51. The van der Waals surface area contributed by atoms with Crippen LogP contribution in [0.1, 0.15) is 67.8 Å². The first kappa shape index (κ1) is 28.9. The average Bonchev–Trinajstić information content (AvgIpc) is 3.41. The molecule has 1 saturated heterocycles. The van der Waals surface area contributed by atoms with Crippen LogP contribution in [0, 0.1) is 11.6 Å². The van der Waals surface area contributed by atoms with Gasteiger partial charge in [-0.25, -0.2) is 8.78 Å². The third-order valence-corrected chi connectivity index (χ3v) is 7.90. The van der Waals surface area contributed by atoms with Gasteiger partial charge in [-0.05, 0) is 63.4 Å². The molecule has 39 heavy (non-hydrogen) atoms. The Balaban J connectivity index is 1.64. The molecule has 8 heteroatoms. The molecular formula is C31H40F2N2O4. The van der Waals surface area contributed by atoms with E-state index in [1.54, 1.807) is 18.2 Å². The Morgan fingerprint density at radius 3 is 2.28 bits per heavy atom. The molecule has 0 aromatic heterocycles. The topological polar surface area (TPSA) is 51.2 Å². The summed E-state index contributed by atoms with van der Waals surface area (Å²) < 4.78 is 44.2. The molecule has 1 aliphatic carbocycles. The quantitative estimate of drug-likeness (QED) is 0.351. The largest absolute Gasteiger partial charge is 0.493 e. The standard InChI is InChI=1S/C31H40F2N2O4/c1-21(15-22-12-13-24(32)18-27(22)33)19-34(20-26-11-8-14-35(26)25-9-6-5-7-10-25)31(36)23-16-28(37-2)30(39-4)29(17-23)38-3/h12-13,15-18,25-26H,5-11,14,19-20H2,1-4H3/t26-/m1/s1. The molecule has 1 saturated carbocycles. The van der Waals surface area contributed by atoms with Gasteiger partial charge in [-0.15, -0.1) is 0 Å². The fourth-order valence-electron chi connectivity index (χ4n) is 6.04. The van der Waals surface area contributed by atoms with Crippen LogP contribution < -0.4 is 14.2 Å². The van der Waals surface area contributed by atoms with Crippen molar-refractivity contribution in [2.75, 3.05) is 41.0 Å². The predicted molar refractivity (Wildman–Crippen MR) is 149 cm³/mol. The van der Waals surface area contributed by atoms with Gasteiger partial charge in [-0.3, -0.25) is 9.69 Å². The molecule has 4 rings (SSSR count). The van der Waals surface area contributed by atoms with Gasteiger partial charge in [0.1, 0.15) is 11.6 Å². The number of benzene rings is 2. The zero-order valence-corrected chi connectivity index (χ0v) is 23.5. The number of hydrogen-bond donors (Lipinski definition) is 0. The lowest BCUT2D eigenvalue weighted by Crippen LogP contribution is -2.47. The van der Waals surface area contributed by atoms with Crippen molar-refractivity contribution in [3.05, 3.63) is 58.7 Å². The highest BCUT2D eigenvalue weighted by Crippen LogP contribution is 2.39. The molecule has 2 aromatic rings. The summed E-state index contributed by atoms with van der Waals surface area (Å²) in [5, 5.41) is 0. The lowest BCUT2D eigenvalue weighted by atomic mass is 9.93. The Bertz CT molecular complexity index is 1150. The van der Waals surface area contributed by atoms with Crippen molar-refractivity contribution in [3.8, 4) is 17.2 Å².